The highest BCUT2D eigenvalue weighted by atomic mass is 32.1. The third kappa shape index (κ3) is 6.37. The van der Waals surface area contributed by atoms with Crippen molar-refractivity contribution < 1.29 is 0 Å². The van der Waals surface area contributed by atoms with Crippen LogP contribution in [-0.2, 0) is 6.54 Å². The molecule has 1 aromatic heterocycles. The van der Waals surface area contributed by atoms with Crippen LogP contribution in [0.2, 0.25) is 0 Å². The molecule has 7 heteroatoms. The number of piperazine rings is 1. The molecule has 0 unspecified atom stereocenters. The van der Waals surface area contributed by atoms with Crippen molar-refractivity contribution in [3.05, 3.63) is 15.6 Å². The van der Waals surface area contributed by atoms with Gasteiger partial charge in [0, 0.05) is 44.6 Å². The summed E-state index contributed by atoms with van der Waals surface area (Å²) < 4.78 is 0. The third-order valence-corrected chi connectivity index (χ3v) is 5.57. The number of likely N-dealkylation sites (N-methyl/N-ethyl adjacent to an activating group) is 1. The number of hydrogen-bond acceptors (Lipinski definition) is 5. The predicted molar refractivity (Wildman–Crippen MR) is 103 cm³/mol. The summed E-state index contributed by atoms with van der Waals surface area (Å²) in [7, 11) is 4.02. The van der Waals surface area contributed by atoms with Crippen LogP contribution in [-0.4, -0.2) is 74.1 Å². The third-order valence-electron chi connectivity index (χ3n) is 4.49. The summed E-state index contributed by atoms with van der Waals surface area (Å²) in [4.78, 5) is 15.1. The zero-order chi connectivity index (χ0) is 17.4. The molecule has 0 spiro atoms. The summed E-state index contributed by atoms with van der Waals surface area (Å²) in [5, 5.41) is 7.85. The molecule has 2 N–H and O–H groups in total. The van der Waals surface area contributed by atoms with Gasteiger partial charge in [-0.25, -0.2) is 4.98 Å². The smallest absolute Gasteiger partial charge is 0.191 e. The second-order valence-corrected chi connectivity index (χ2v) is 7.74. The SMILES string of the molecule is CN=C(NCCCCN1CCN(C)CC1)NCc1nc(C)c(C)s1. The molecule has 0 radical (unpaired) electrons. The Morgan fingerprint density at radius 1 is 1.17 bits per heavy atom. The maximum atomic E-state index is 4.55. The minimum Gasteiger partial charge on any atom is -0.356 e. The van der Waals surface area contributed by atoms with E-state index in [-0.39, 0.29) is 0 Å². The molecule has 0 atom stereocenters. The number of guanidine groups is 1. The molecule has 2 heterocycles. The van der Waals surface area contributed by atoms with Crippen molar-refractivity contribution in [3.63, 3.8) is 0 Å². The van der Waals surface area contributed by atoms with Crippen LogP contribution >= 0.6 is 11.3 Å². The minimum absolute atomic E-state index is 0.736. The van der Waals surface area contributed by atoms with Crippen LogP contribution in [0.25, 0.3) is 0 Å². The van der Waals surface area contributed by atoms with Crippen LogP contribution < -0.4 is 10.6 Å². The lowest BCUT2D eigenvalue weighted by Gasteiger charge is -2.32. The highest BCUT2D eigenvalue weighted by molar-refractivity contribution is 7.11. The van der Waals surface area contributed by atoms with Gasteiger partial charge in [0.05, 0.1) is 12.2 Å². The molecule has 1 aliphatic heterocycles. The molecule has 0 amide bonds. The van der Waals surface area contributed by atoms with Gasteiger partial charge in [-0.15, -0.1) is 11.3 Å². The Hall–Kier alpha value is -1.18. The molecule has 2 rings (SSSR count). The van der Waals surface area contributed by atoms with Crippen LogP contribution in [0.15, 0.2) is 4.99 Å². The maximum Gasteiger partial charge on any atom is 0.191 e. The Balaban J connectivity index is 1.56. The highest BCUT2D eigenvalue weighted by Crippen LogP contribution is 2.15. The van der Waals surface area contributed by atoms with Crippen molar-refractivity contribution in [2.24, 2.45) is 4.99 Å². The van der Waals surface area contributed by atoms with Crippen molar-refractivity contribution >= 4 is 17.3 Å². The molecule has 6 nitrogen and oxygen atoms in total. The molecule has 0 aromatic carbocycles. The summed E-state index contributed by atoms with van der Waals surface area (Å²) in [6.45, 7) is 11.9. The van der Waals surface area contributed by atoms with Crippen LogP contribution in [0, 0.1) is 13.8 Å². The number of nitrogens with zero attached hydrogens (tertiary/aromatic N) is 4. The van der Waals surface area contributed by atoms with Gasteiger partial charge in [-0.1, -0.05) is 0 Å². The molecule has 24 heavy (non-hydrogen) atoms. The van der Waals surface area contributed by atoms with Gasteiger partial charge >= 0.3 is 0 Å². The number of aryl methyl sites for hydroxylation is 2. The zero-order valence-electron chi connectivity index (χ0n) is 15.6. The van der Waals surface area contributed by atoms with E-state index in [2.05, 4.69) is 51.3 Å². The summed E-state index contributed by atoms with van der Waals surface area (Å²) in [6.07, 6.45) is 2.40. The first-order chi connectivity index (χ1) is 11.6. The van der Waals surface area contributed by atoms with Crippen LogP contribution in [0.1, 0.15) is 28.4 Å². The quantitative estimate of drug-likeness (QED) is 0.442. The van der Waals surface area contributed by atoms with Gasteiger partial charge in [-0.05, 0) is 40.3 Å². The first-order valence-electron chi connectivity index (χ1n) is 8.87. The summed E-state index contributed by atoms with van der Waals surface area (Å²) in [5.41, 5.74) is 1.13. The Morgan fingerprint density at radius 3 is 2.54 bits per heavy atom. The lowest BCUT2D eigenvalue weighted by Crippen LogP contribution is -2.44. The Labute approximate surface area is 150 Å². The van der Waals surface area contributed by atoms with Crippen LogP contribution in [0.5, 0.6) is 0 Å². The second-order valence-electron chi connectivity index (χ2n) is 6.45. The zero-order valence-corrected chi connectivity index (χ0v) is 16.4. The number of aliphatic imine (C=N–C) groups is 1. The van der Waals surface area contributed by atoms with E-state index in [0.29, 0.717) is 0 Å². The molecular formula is C17H32N6S. The predicted octanol–water partition coefficient (Wildman–Crippen LogP) is 1.45. The molecular weight excluding hydrogens is 320 g/mol. The van der Waals surface area contributed by atoms with Crippen molar-refractivity contribution in [3.8, 4) is 0 Å². The van der Waals surface area contributed by atoms with Gasteiger partial charge in [-0.2, -0.15) is 0 Å². The first-order valence-corrected chi connectivity index (χ1v) is 9.68. The normalized spacial score (nSPS) is 17.2. The second kappa shape index (κ2) is 9.96. The number of hydrogen-bond donors (Lipinski definition) is 2. The molecule has 0 bridgehead atoms. The summed E-state index contributed by atoms with van der Waals surface area (Å²) in [6, 6.07) is 0. The van der Waals surface area contributed by atoms with Crippen LogP contribution in [0.3, 0.4) is 0 Å². The Bertz CT molecular complexity index is 500. The fourth-order valence-electron chi connectivity index (χ4n) is 2.73. The van der Waals surface area contributed by atoms with Crippen molar-refractivity contribution in [1.82, 2.24) is 25.4 Å². The topological polar surface area (TPSA) is 55.8 Å². The van der Waals surface area contributed by atoms with Gasteiger partial charge in [0.15, 0.2) is 5.96 Å². The highest BCUT2D eigenvalue weighted by Gasteiger charge is 2.12. The fraction of sp³-hybridized carbons (Fsp3) is 0.765. The van der Waals surface area contributed by atoms with Gasteiger partial charge in [0.1, 0.15) is 5.01 Å². The number of rotatable bonds is 7. The Kier molecular flexibility index (Phi) is 7.94. The van der Waals surface area contributed by atoms with Gasteiger partial charge in [0.2, 0.25) is 0 Å². The van der Waals surface area contributed by atoms with Crippen molar-refractivity contribution in [2.45, 2.75) is 33.2 Å². The van der Waals surface area contributed by atoms with Crippen molar-refractivity contribution in [2.75, 3.05) is 53.4 Å². The molecule has 1 aromatic rings. The van der Waals surface area contributed by atoms with E-state index in [9.17, 15) is 0 Å². The monoisotopic (exact) mass is 352 g/mol. The van der Waals surface area contributed by atoms with E-state index >= 15 is 0 Å². The minimum atomic E-state index is 0.736. The average molecular weight is 353 g/mol. The van der Waals surface area contributed by atoms with E-state index in [4.69, 9.17) is 0 Å². The molecule has 0 saturated carbocycles. The Morgan fingerprint density at radius 2 is 1.92 bits per heavy atom. The van der Waals surface area contributed by atoms with E-state index in [1.165, 1.54) is 50.4 Å². The van der Waals surface area contributed by atoms with E-state index in [1.807, 2.05) is 7.05 Å². The fourth-order valence-corrected chi connectivity index (χ4v) is 3.61. The van der Waals surface area contributed by atoms with E-state index in [0.717, 1.165) is 29.8 Å². The summed E-state index contributed by atoms with van der Waals surface area (Å²) >= 11 is 1.75. The standard InChI is InChI=1S/C17H32N6S/c1-14-15(2)24-16(21-14)13-20-17(18-3)19-7-5-6-8-23-11-9-22(4)10-12-23/h5-13H2,1-4H3,(H2,18,19,20). The molecule has 136 valence electrons. The van der Waals surface area contributed by atoms with Gasteiger partial charge in [-0.3, -0.25) is 4.99 Å². The van der Waals surface area contributed by atoms with Crippen LogP contribution in [0.4, 0.5) is 0 Å². The average Bonchev–Trinajstić information content (AvgIpc) is 2.90. The molecule has 1 saturated heterocycles. The van der Waals surface area contributed by atoms with Crippen molar-refractivity contribution in [1.29, 1.82) is 0 Å². The van der Waals surface area contributed by atoms with Gasteiger partial charge in [0.25, 0.3) is 0 Å². The van der Waals surface area contributed by atoms with E-state index < -0.39 is 0 Å². The lowest BCUT2D eigenvalue weighted by atomic mass is 10.2. The van der Waals surface area contributed by atoms with E-state index in [1.54, 1.807) is 11.3 Å². The summed E-state index contributed by atoms with van der Waals surface area (Å²) in [5.74, 6) is 0.861. The number of unbranched alkanes of at least 4 members (excludes halogenated alkanes) is 1. The number of aromatic nitrogens is 1. The maximum absolute atomic E-state index is 4.55. The largest absolute Gasteiger partial charge is 0.356 e. The molecule has 0 aliphatic carbocycles. The number of nitrogens with one attached hydrogen (secondary N) is 2. The number of thiazole rings is 1. The molecule has 1 aliphatic rings. The lowest BCUT2D eigenvalue weighted by molar-refractivity contribution is 0.152. The first kappa shape index (κ1) is 19.1. The van der Waals surface area contributed by atoms with Gasteiger partial charge < -0.3 is 20.4 Å². The molecule has 1 fully saturated rings.